The van der Waals surface area contributed by atoms with Gasteiger partial charge in [-0.15, -0.1) is 0 Å². The summed E-state index contributed by atoms with van der Waals surface area (Å²) < 4.78 is 0. The quantitative estimate of drug-likeness (QED) is 0.793. The van der Waals surface area contributed by atoms with E-state index >= 15 is 0 Å². The van der Waals surface area contributed by atoms with Crippen LogP contribution in [0, 0.1) is 0 Å². The molecule has 1 fully saturated rings. The molecule has 0 heterocycles. The predicted molar refractivity (Wildman–Crippen MR) is 70.0 cm³/mol. The molecule has 0 aromatic heterocycles. The second kappa shape index (κ2) is 5.49. The third kappa shape index (κ3) is 2.65. The summed E-state index contributed by atoms with van der Waals surface area (Å²) in [4.78, 5) is 0. The molecule has 1 aromatic carbocycles. The molecule has 1 unspecified atom stereocenters. The normalized spacial score (nSPS) is 18.1. The third-order valence-electron chi connectivity index (χ3n) is 3.88. The number of benzene rings is 1. The van der Waals surface area contributed by atoms with Gasteiger partial charge in [0.2, 0.25) is 0 Å². The molecule has 1 heteroatoms. The number of nitrogens with one attached hydrogen (secondary N) is 1. The van der Waals surface area contributed by atoms with Crippen LogP contribution >= 0.6 is 0 Å². The van der Waals surface area contributed by atoms with Gasteiger partial charge in [-0.05, 0) is 55.8 Å². The smallest absolute Gasteiger partial charge is 0.00462 e. The zero-order chi connectivity index (χ0) is 11.4. The minimum atomic E-state index is 0.674. The van der Waals surface area contributed by atoms with Gasteiger partial charge in [-0.3, -0.25) is 0 Å². The molecule has 0 spiro atoms. The lowest BCUT2D eigenvalue weighted by molar-refractivity contribution is 0.419. The SMILES string of the molecule is CNCCC(C)c1cccc(C2CCC2)c1. The molecule has 0 amide bonds. The maximum atomic E-state index is 3.23. The van der Waals surface area contributed by atoms with Crippen LogP contribution in [0.4, 0.5) is 0 Å². The molecular formula is C15H23N. The number of rotatable bonds is 5. The molecule has 1 nitrogen and oxygen atoms in total. The van der Waals surface area contributed by atoms with Crippen molar-refractivity contribution in [1.29, 1.82) is 0 Å². The largest absolute Gasteiger partial charge is 0.320 e. The van der Waals surface area contributed by atoms with E-state index in [2.05, 4.69) is 36.5 Å². The van der Waals surface area contributed by atoms with Crippen LogP contribution in [0.2, 0.25) is 0 Å². The zero-order valence-corrected chi connectivity index (χ0v) is 10.5. The highest BCUT2D eigenvalue weighted by atomic mass is 14.8. The molecule has 1 atom stereocenters. The van der Waals surface area contributed by atoms with Gasteiger partial charge in [-0.1, -0.05) is 37.6 Å². The van der Waals surface area contributed by atoms with Crippen molar-refractivity contribution in [2.45, 2.75) is 44.4 Å². The molecular weight excluding hydrogens is 194 g/mol. The first-order valence-corrected chi connectivity index (χ1v) is 6.55. The van der Waals surface area contributed by atoms with Crippen LogP contribution in [0.25, 0.3) is 0 Å². The average Bonchev–Trinajstić information content (AvgIpc) is 2.24. The van der Waals surface area contributed by atoms with Gasteiger partial charge in [0, 0.05) is 0 Å². The van der Waals surface area contributed by atoms with Crippen molar-refractivity contribution in [2.75, 3.05) is 13.6 Å². The van der Waals surface area contributed by atoms with E-state index in [1.165, 1.54) is 31.2 Å². The van der Waals surface area contributed by atoms with Crippen molar-refractivity contribution in [2.24, 2.45) is 0 Å². The lowest BCUT2D eigenvalue weighted by atomic mass is 9.79. The first-order chi connectivity index (χ1) is 7.81. The molecule has 0 saturated heterocycles. The summed E-state index contributed by atoms with van der Waals surface area (Å²) in [5.74, 6) is 1.53. The Morgan fingerprint density at radius 1 is 1.38 bits per heavy atom. The van der Waals surface area contributed by atoms with Crippen molar-refractivity contribution >= 4 is 0 Å². The van der Waals surface area contributed by atoms with E-state index in [1.54, 1.807) is 5.56 Å². The molecule has 2 rings (SSSR count). The Balaban J connectivity index is 2.02. The fourth-order valence-electron chi connectivity index (χ4n) is 2.39. The van der Waals surface area contributed by atoms with Crippen molar-refractivity contribution in [3.8, 4) is 0 Å². The van der Waals surface area contributed by atoms with Gasteiger partial charge in [-0.2, -0.15) is 0 Å². The molecule has 1 N–H and O–H groups in total. The van der Waals surface area contributed by atoms with Crippen LogP contribution < -0.4 is 5.32 Å². The maximum absolute atomic E-state index is 3.23. The molecule has 1 saturated carbocycles. The standard InChI is InChI=1S/C15H23N/c1-12(9-10-16-2)14-7-4-8-15(11-14)13-5-3-6-13/h4,7-8,11-13,16H,3,5-6,9-10H2,1-2H3. The zero-order valence-electron chi connectivity index (χ0n) is 10.5. The second-order valence-corrected chi connectivity index (χ2v) is 5.09. The Bertz CT molecular complexity index is 328. The van der Waals surface area contributed by atoms with E-state index in [9.17, 15) is 0 Å². The molecule has 0 radical (unpaired) electrons. The molecule has 16 heavy (non-hydrogen) atoms. The summed E-state index contributed by atoms with van der Waals surface area (Å²) in [6.07, 6.45) is 5.44. The molecule has 0 bridgehead atoms. The fraction of sp³-hybridized carbons (Fsp3) is 0.600. The highest BCUT2D eigenvalue weighted by Crippen LogP contribution is 2.37. The second-order valence-electron chi connectivity index (χ2n) is 5.09. The van der Waals surface area contributed by atoms with E-state index < -0.39 is 0 Å². The summed E-state index contributed by atoms with van der Waals surface area (Å²) in [5.41, 5.74) is 3.08. The van der Waals surface area contributed by atoms with E-state index in [0.29, 0.717) is 5.92 Å². The minimum Gasteiger partial charge on any atom is -0.320 e. The van der Waals surface area contributed by atoms with Crippen LogP contribution in [0.5, 0.6) is 0 Å². The fourth-order valence-corrected chi connectivity index (χ4v) is 2.39. The highest BCUT2D eigenvalue weighted by molar-refractivity contribution is 5.29. The van der Waals surface area contributed by atoms with Crippen LogP contribution in [-0.2, 0) is 0 Å². The van der Waals surface area contributed by atoms with Crippen LogP contribution in [0.3, 0.4) is 0 Å². The molecule has 0 aliphatic heterocycles. The Morgan fingerprint density at radius 2 is 2.19 bits per heavy atom. The van der Waals surface area contributed by atoms with Crippen molar-refractivity contribution < 1.29 is 0 Å². The Labute approximate surface area is 99.3 Å². The average molecular weight is 217 g/mol. The third-order valence-corrected chi connectivity index (χ3v) is 3.88. The van der Waals surface area contributed by atoms with Gasteiger partial charge in [0.15, 0.2) is 0 Å². The van der Waals surface area contributed by atoms with Crippen molar-refractivity contribution in [3.63, 3.8) is 0 Å². The first-order valence-electron chi connectivity index (χ1n) is 6.55. The minimum absolute atomic E-state index is 0.674. The summed E-state index contributed by atoms with van der Waals surface area (Å²) in [6, 6.07) is 9.25. The maximum Gasteiger partial charge on any atom is -0.00462 e. The van der Waals surface area contributed by atoms with Crippen LogP contribution in [0.1, 0.15) is 55.6 Å². The molecule has 1 aromatic rings. The highest BCUT2D eigenvalue weighted by Gasteiger charge is 2.19. The van der Waals surface area contributed by atoms with E-state index in [-0.39, 0.29) is 0 Å². The number of hydrogen-bond acceptors (Lipinski definition) is 1. The topological polar surface area (TPSA) is 12.0 Å². The number of hydrogen-bond donors (Lipinski definition) is 1. The first kappa shape index (κ1) is 11.7. The predicted octanol–water partition coefficient (Wildman–Crippen LogP) is 3.67. The van der Waals surface area contributed by atoms with Gasteiger partial charge in [0.1, 0.15) is 0 Å². The van der Waals surface area contributed by atoms with Gasteiger partial charge >= 0.3 is 0 Å². The van der Waals surface area contributed by atoms with Gasteiger partial charge in [-0.25, -0.2) is 0 Å². The van der Waals surface area contributed by atoms with Crippen LogP contribution in [-0.4, -0.2) is 13.6 Å². The van der Waals surface area contributed by atoms with Gasteiger partial charge in [0.05, 0.1) is 0 Å². The Morgan fingerprint density at radius 3 is 2.81 bits per heavy atom. The summed E-state index contributed by atoms with van der Waals surface area (Å²) >= 11 is 0. The lowest BCUT2D eigenvalue weighted by Gasteiger charge is -2.26. The van der Waals surface area contributed by atoms with Gasteiger partial charge < -0.3 is 5.32 Å². The van der Waals surface area contributed by atoms with Crippen LogP contribution in [0.15, 0.2) is 24.3 Å². The Kier molecular flexibility index (Phi) is 4.00. The molecule has 1 aliphatic rings. The van der Waals surface area contributed by atoms with E-state index in [0.717, 1.165) is 12.5 Å². The summed E-state index contributed by atoms with van der Waals surface area (Å²) in [5, 5.41) is 3.23. The lowest BCUT2D eigenvalue weighted by Crippen LogP contribution is -2.12. The molecule has 88 valence electrons. The van der Waals surface area contributed by atoms with E-state index in [4.69, 9.17) is 0 Å². The Hall–Kier alpha value is -0.820. The molecule has 1 aliphatic carbocycles. The van der Waals surface area contributed by atoms with Gasteiger partial charge in [0.25, 0.3) is 0 Å². The summed E-state index contributed by atoms with van der Waals surface area (Å²) in [6.45, 7) is 3.44. The monoisotopic (exact) mass is 217 g/mol. The van der Waals surface area contributed by atoms with Crippen molar-refractivity contribution in [1.82, 2.24) is 5.32 Å². The summed E-state index contributed by atoms with van der Waals surface area (Å²) in [7, 11) is 2.03. The van der Waals surface area contributed by atoms with Crippen molar-refractivity contribution in [3.05, 3.63) is 35.4 Å². The van der Waals surface area contributed by atoms with E-state index in [1.807, 2.05) is 7.05 Å².